The summed E-state index contributed by atoms with van der Waals surface area (Å²) < 4.78 is 37.8. The lowest BCUT2D eigenvalue weighted by Crippen LogP contribution is -2.10. The summed E-state index contributed by atoms with van der Waals surface area (Å²) in [6.45, 7) is 2.16. The van der Waals surface area contributed by atoms with Crippen molar-refractivity contribution in [2.75, 3.05) is 0 Å². The molecule has 0 saturated carbocycles. The molecule has 0 fully saturated rings. The van der Waals surface area contributed by atoms with E-state index in [2.05, 4.69) is 11.9 Å². The average Bonchev–Trinajstić information content (AvgIpc) is 2.84. The Labute approximate surface area is 131 Å². The molecule has 6 heteroatoms. The summed E-state index contributed by atoms with van der Waals surface area (Å²) in [5.74, 6) is -1.62. The normalized spacial score (nSPS) is 13.0. The average molecular weight is 329 g/mol. The van der Waals surface area contributed by atoms with Gasteiger partial charge in [-0.3, -0.25) is 0 Å². The van der Waals surface area contributed by atoms with Gasteiger partial charge in [0, 0.05) is 6.08 Å². The van der Waals surface area contributed by atoms with E-state index in [1.807, 2.05) is 18.2 Å². The molecule has 2 nitrogen and oxygen atoms in total. The van der Waals surface area contributed by atoms with Crippen LogP contribution >= 0.6 is 11.3 Å². The van der Waals surface area contributed by atoms with E-state index in [9.17, 15) is 13.2 Å². The predicted molar refractivity (Wildman–Crippen MR) is 84.1 cm³/mol. The number of nitrogens with zero attached hydrogens (tertiary/aromatic N) is 1. The lowest BCUT2D eigenvalue weighted by molar-refractivity contribution is -0.119. The summed E-state index contributed by atoms with van der Waals surface area (Å²) >= 11 is 1.15. The zero-order valence-electron chi connectivity index (χ0n) is 12.3. The molecule has 0 unspecified atom stereocenters. The third-order valence-corrected chi connectivity index (χ3v) is 4.30. The van der Waals surface area contributed by atoms with E-state index < -0.39 is 11.9 Å². The highest BCUT2D eigenvalue weighted by Crippen LogP contribution is 2.29. The first kappa shape index (κ1) is 16.8. The topological polar surface area (TPSA) is 33.1 Å². The van der Waals surface area contributed by atoms with Crippen LogP contribution in [0.15, 0.2) is 24.0 Å². The van der Waals surface area contributed by atoms with Crippen LogP contribution in [0.1, 0.15) is 43.2 Å². The number of rotatable bonds is 6. The number of halogens is 3. The number of aliphatic hydroxyl groups excluding tert-OH is 1. The first-order valence-electron chi connectivity index (χ1n) is 7.27. The van der Waals surface area contributed by atoms with Gasteiger partial charge in [-0.15, -0.1) is 11.3 Å². The smallest absolute Gasteiger partial charge is 0.448 e. The molecule has 2 rings (SSSR count). The van der Waals surface area contributed by atoms with Gasteiger partial charge in [0.25, 0.3) is 0 Å². The van der Waals surface area contributed by atoms with Crippen LogP contribution in [0.2, 0.25) is 0 Å². The molecule has 0 atom stereocenters. The lowest BCUT2D eigenvalue weighted by atomic mass is 10.1. The van der Waals surface area contributed by atoms with Gasteiger partial charge < -0.3 is 5.11 Å². The molecule has 0 amide bonds. The highest BCUT2D eigenvalue weighted by molar-refractivity contribution is 7.19. The second kappa shape index (κ2) is 7.13. The second-order valence-corrected chi connectivity index (χ2v) is 6.25. The van der Waals surface area contributed by atoms with Crippen LogP contribution in [0.25, 0.3) is 16.3 Å². The van der Waals surface area contributed by atoms with Crippen molar-refractivity contribution in [3.05, 3.63) is 34.5 Å². The zero-order chi connectivity index (χ0) is 16.2. The summed E-state index contributed by atoms with van der Waals surface area (Å²) in [6.07, 6.45) is 1.60. The minimum Gasteiger partial charge on any atom is -0.504 e. The largest absolute Gasteiger partial charge is 0.504 e. The Kier molecular flexibility index (Phi) is 5.45. The van der Waals surface area contributed by atoms with Crippen LogP contribution in [-0.2, 0) is 6.42 Å². The monoisotopic (exact) mass is 329 g/mol. The number of aromatic nitrogens is 1. The highest BCUT2D eigenvalue weighted by atomic mass is 32.1. The van der Waals surface area contributed by atoms with Crippen molar-refractivity contribution in [2.45, 2.75) is 45.2 Å². The molecule has 0 saturated heterocycles. The zero-order valence-corrected chi connectivity index (χ0v) is 13.1. The quantitative estimate of drug-likeness (QED) is 0.530. The number of fused-ring (bicyclic) bond motifs is 1. The van der Waals surface area contributed by atoms with Crippen LogP contribution in [0.5, 0.6) is 0 Å². The minimum absolute atomic E-state index is 0.160. The number of aliphatic hydroxyl groups is 1. The van der Waals surface area contributed by atoms with Gasteiger partial charge in [-0.05, 0) is 30.5 Å². The fourth-order valence-corrected chi connectivity index (χ4v) is 3.13. The first-order chi connectivity index (χ1) is 10.4. The van der Waals surface area contributed by atoms with Gasteiger partial charge >= 0.3 is 6.18 Å². The highest BCUT2D eigenvalue weighted by Gasteiger charge is 2.33. The maximum atomic E-state index is 12.3. The van der Waals surface area contributed by atoms with Crippen LogP contribution in [0.3, 0.4) is 0 Å². The van der Waals surface area contributed by atoms with Crippen LogP contribution in [-0.4, -0.2) is 16.3 Å². The molecule has 1 aromatic heterocycles. The molecule has 0 radical (unpaired) electrons. The minimum atomic E-state index is -4.73. The van der Waals surface area contributed by atoms with E-state index >= 15 is 0 Å². The van der Waals surface area contributed by atoms with Gasteiger partial charge in [-0.1, -0.05) is 32.3 Å². The van der Waals surface area contributed by atoms with E-state index in [0.29, 0.717) is 11.6 Å². The molecule has 0 aliphatic rings. The van der Waals surface area contributed by atoms with Crippen molar-refractivity contribution in [3.63, 3.8) is 0 Å². The number of allylic oxidation sites excluding steroid dienone is 1. The van der Waals surface area contributed by atoms with Crippen LogP contribution in [0.4, 0.5) is 13.2 Å². The molecule has 0 aliphatic carbocycles. The molecule has 22 heavy (non-hydrogen) atoms. The Morgan fingerprint density at radius 3 is 2.73 bits per heavy atom. The number of benzene rings is 1. The van der Waals surface area contributed by atoms with E-state index in [-0.39, 0.29) is 5.01 Å². The Hall–Kier alpha value is -1.56. The van der Waals surface area contributed by atoms with Crippen molar-refractivity contribution >= 4 is 27.6 Å². The van der Waals surface area contributed by atoms with Crippen LogP contribution in [0, 0.1) is 0 Å². The SMILES string of the molecule is CCCCCCc1ccc2nc(/C=C(\O)C(F)(F)F)sc2c1. The Morgan fingerprint density at radius 2 is 2.05 bits per heavy atom. The van der Waals surface area contributed by atoms with Crippen molar-refractivity contribution in [1.29, 1.82) is 0 Å². The van der Waals surface area contributed by atoms with Gasteiger partial charge in [-0.25, -0.2) is 4.98 Å². The van der Waals surface area contributed by atoms with E-state index in [0.717, 1.165) is 28.9 Å². The second-order valence-electron chi connectivity index (χ2n) is 5.19. The van der Waals surface area contributed by atoms with Crippen molar-refractivity contribution < 1.29 is 18.3 Å². The summed E-state index contributed by atoms with van der Waals surface area (Å²) in [6, 6.07) is 5.76. The number of unbranched alkanes of at least 4 members (excludes halogenated alkanes) is 3. The maximum absolute atomic E-state index is 12.3. The van der Waals surface area contributed by atoms with Crippen molar-refractivity contribution in [1.82, 2.24) is 4.98 Å². The molecule has 0 spiro atoms. The molecular weight excluding hydrogens is 311 g/mol. The Bertz CT molecular complexity index is 661. The van der Waals surface area contributed by atoms with Crippen molar-refractivity contribution in [2.24, 2.45) is 0 Å². The fourth-order valence-electron chi connectivity index (χ4n) is 2.16. The maximum Gasteiger partial charge on any atom is 0.448 e. The van der Waals surface area contributed by atoms with Crippen LogP contribution < -0.4 is 0 Å². The molecule has 0 aliphatic heterocycles. The fraction of sp³-hybridized carbons (Fsp3) is 0.438. The summed E-state index contributed by atoms with van der Waals surface area (Å²) in [5.41, 5.74) is 1.83. The summed E-state index contributed by atoms with van der Waals surface area (Å²) in [5, 5.41) is 9.15. The van der Waals surface area contributed by atoms with Gasteiger partial charge in [0.15, 0.2) is 0 Å². The number of hydrogen-bond acceptors (Lipinski definition) is 3. The Balaban J connectivity index is 2.14. The van der Waals surface area contributed by atoms with E-state index in [1.165, 1.54) is 24.8 Å². The summed E-state index contributed by atoms with van der Waals surface area (Å²) in [7, 11) is 0. The molecule has 1 N–H and O–H groups in total. The molecule has 0 bridgehead atoms. The Morgan fingerprint density at radius 1 is 1.27 bits per heavy atom. The molecule has 1 aromatic carbocycles. The van der Waals surface area contributed by atoms with Gasteiger partial charge in [0.1, 0.15) is 5.01 Å². The van der Waals surface area contributed by atoms with Gasteiger partial charge in [-0.2, -0.15) is 13.2 Å². The number of alkyl halides is 3. The first-order valence-corrected chi connectivity index (χ1v) is 8.09. The molecule has 120 valence electrons. The predicted octanol–water partition coefficient (Wildman–Crippen LogP) is 5.88. The molecular formula is C16H18F3NOS. The summed E-state index contributed by atoms with van der Waals surface area (Å²) in [4.78, 5) is 4.10. The number of thiazole rings is 1. The van der Waals surface area contributed by atoms with E-state index in [4.69, 9.17) is 5.11 Å². The lowest BCUT2D eigenvalue weighted by Gasteiger charge is -2.02. The molecule has 1 heterocycles. The third-order valence-electron chi connectivity index (χ3n) is 3.34. The number of aryl methyl sites for hydroxylation is 1. The van der Waals surface area contributed by atoms with E-state index in [1.54, 1.807) is 0 Å². The molecule has 2 aromatic rings. The van der Waals surface area contributed by atoms with Crippen molar-refractivity contribution in [3.8, 4) is 0 Å². The number of hydrogen-bond donors (Lipinski definition) is 1. The standard InChI is InChI=1S/C16H18F3NOS/c1-2-3-4-5-6-11-7-8-12-13(9-11)22-15(20-12)10-14(21)16(17,18)19/h7-10,21H,2-6H2,1H3/b14-10-. The third kappa shape index (κ3) is 4.47. The van der Waals surface area contributed by atoms with Gasteiger partial charge in [0.05, 0.1) is 10.2 Å². The van der Waals surface area contributed by atoms with Gasteiger partial charge in [0.2, 0.25) is 5.76 Å².